The Bertz CT molecular complexity index is 546. The van der Waals surface area contributed by atoms with Crippen molar-refractivity contribution in [2.45, 2.75) is 12.8 Å². The number of pyridine rings is 2. The normalized spacial score (nSPS) is 13.3. The smallest absolute Gasteiger partial charge is 0.265 e. The van der Waals surface area contributed by atoms with Crippen LogP contribution >= 0.6 is 0 Å². The minimum atomic E-state index is 0.980. The summed E-state index contributed by atoms with van der Waals surface area (Å²) in [6, 6.07) is 8.27. The summed E-state index contributed by atoms with van der Waals surface area (Å²) >= 11 is 0. The van der Waals surface area contributed by atoms with E-state index in [0.717, 1.165) is 25.2 Å². The van der Waals surface area contributed by atoms with Crippen molar-refractivity contribution in [3.05, 3.63) is 54.0 Å². The van der Waals surface area contributed by atoms with Gasteiger partial charge in [0.05, 0.1) is 18.3 Å². The zero-order valence-electron chi connectivity index (χ0n) is 9.58. The molecule has 0 saturated carbocycles. The van der Waals surface area contributed by atoms with Gasteiger partial charge in [-0.25, -0.2) is 4.58 Å². The van der Waals surface area contributed by atoms with Crippen LogP contribution in [0.3, 0.4) is 0 Å². The maximum atomic E-state index is 4.44. The molecule has 0 atom stereocenters. The van der Waals surface area contributed by atoms with Gasteiger partial charge in [-0.15, -0.1) is 0 Å². The van der Waals surface area contributed by atoms with Crippen molar-refractivity contribution in [1.29, 1.82) is 0 Å². The maximum absolute atomic E-state index is 4.44. The Labute approximate surface area is 100 Å². The van der Waals surface area contributed by atoms with Gasteiger partial charge in [-0.3, -0.25) is 4.98 Å². The molecule has 0 bridgehead atoms. The lowest BCUT2D eigenvalue weighted by molar-refractivity contribution is -0.436. The molecule has 17 heavy (non-hydrogen) atoms. The number of rotatable bonds is 3. The Morgan fingerprint density at radius 1 is 1.12 bits per heavy atom. The van der Waals surface area contributed by atoms with E-state index in [1.807, 2.05) is 24.7 Å². The highest BCUT2D eigenvalue weighted by atomic mass is 15.1. The second-order valence-electron chi connectivity index (χ2n) is 4.17. The van der Waals surface area contributed by atoms with E-state index in [1.165, 1.54) is 11.1 Å². The average molecular weight is 224 g/mol. The first-order valence-electron chi connectivity index (χ1n) is 5.86. The zero-order valence-corrected chi connectivity index (χ0v) is 9.58. The second-order valence-corrected chi connectivity index (χ2v) is 4.17. The van der Waals surface area contributed by atoms with E-state index in [-0.39, 0.29) is 0 Å². The molecule has 0 radical (unpaired) electrons. The number of hydrogen-bond acceptors (Lipinski definition) is 2. The van der Waals surface area contributed by atoms with Crippen molar-refractivity contribution in [2.75, 3.05) is 6.54 Å². The Morgan fingerprint density at radius 2 is 2.00 bits per heavy atom. The third kappa shape index (κ3) is 2.09. The van der Waals surface area contributed by atoms with E-state index in [9.17, 15) is 0 Å². The fraction of sp³-hybridized carbons (Fsp3) is 0.214. The van der Waals surface area contributed by atoms with Gasteiger partial charge < -0.3 is 0 Å². The van der Waals surface area contributed by atoms with Gasteiger partial charge in [0.25, 0.3) is 0 Å². The van der Waals surface area contributed by atoms with Crippen LogP contribution in [0.2, 0.25) is 0 Å². The van der Waals surface area contributed by atoms with Gasteiger partial charge >= 0.3 is 5.82 Å². The van der Waals surface area contributed by atoms with E-state index in [1.54, 1.807) is 0 Å². The van der Waals surface area contributed by atoms with Gasteiger partial charge in [-0.1, -0.05) is 0 Å². The lowest BCUT2D eigenvalue weighted by atomic mass is 10.2. The molecular formula is C14H14N3+. The van der Waals surface area contributed by atoms with E-state index in [0.29, 0.717) is 0 Å². The van der Waals surface area contributed by atoms with Crippen molar-refractivity contribution < 1.29 is 4.58 Å². The fourth-order valence-electron chi connectivity index (χ4n) is 2.14. The number of nitrogens with zero attached hydrogens (tertiary/aromatic N) is 3. The molecule has 2 aromatic rings. The molecule has 0 N–H and O–H groups in total. The lowest BCUT2D eigenvalue weighted by Crippen LogP contribution is -2.09. The first kappa shape index (κ1) is 10.1. The van der Waals surface area contributed by atoms with Crippen LogP contribution in [0, 0.1) is 0 Å². The van der Waals surface area contributed by atoms with E-state index < -0.39 is 0 Å². The van der Waals surface area contributed by atoms with Gasteiger partial charge in [0.15, 0.2) is 0 Å². The minimum Gasteiger partial charge on any atom is -0.265 e. The molecular weight excluding hydrogens is 210 g/mol. The van der Waals surface area contributed by atoms with Crippen molar-refractivity contribution >= 4 is 12.0 Å². The molecule has 3 heteroatoms. The summed E-state index contributed by atoms with van der Waals surface area (Å²) in [7, 11) is 0. The highest BCUT2D eigenvalue weighted by Crippen LogP contribution is 2.20. The molecule has 3 heterocycles. The Morgan fingerprint density at radius 3 is 2.88 bits per heavy atom. The Kier molecular flexibility index (Phi) is 2.66. The summed E-state index contributed by atoms with van der Waals surface area (Å²) in [4.78, 5) is 8.46. The van der Waals surface area contributed by atoms with Crippen LogP contribution in [0.4, 0.5) is 5.82 Å². The van der Waals surface area contributed by atoms with Crippen LogP contribution in [0.25, 0.3) is 0 Å². The molecule has 0 spiro atoms. The first-order chi connectivity index (χ1) is 8.43. The fourth-order valence-corrected chi connectivity index (χ4v) is 2.14. The SMILES string of the molecule is C1=[N+](CCc2ccncc2)c2ncccc2C1. The molecule has 1 aliphatic rings. The van der Waals surface area contributed by atoms with Crippen LogP contribution in [-0.2, 0) is 12.8 Å². The summed E-state index contributed by atoms with van der Waals surface area (Å²) in [5, 5.41) is 0. The third-order valence-electron chi connectivity index (χ3n) is 3.06. The van der Waals surface area contributed by atoms with Gasteiger partial charge in [0.2, 0.25) is 0 Å². The molecule has 2 aromatic heterocycles. The summed E-state index contributed by atoms with van der Waals surface area (Å²) in [5.41, 5.74) is 2.64. The molecule has 84 valence electrons. The van der Waals surface area contributed by atoms with E-state index in [4.69, 9.17) is 0 Å². The second kappa shape index (κ2) is 4.45. The average Bonchev–Trinajstić information content (AvgIpc) is 2.81. The van der Waals surface area contributed by atoms with Gasteiger partial charge in [-0.05, 0) is 34.8 Å². The number of fused-ring (bicyclic) bond motifs is 1. The topological polar surface area (TPSA) is 28.8 Å². The van der Waals surface area contributed by atoms with Crippen LogP contribution in [0.5, 0.6) is 0 Å². The predicted molar refractivity (Wildman–Crippen MR) is 66.7 cm³/mol. The summed E-state index contributed by atoms with van der Waals surface area (Å²) in [5.74, 6) is 1.11. The standard InChI is InChI=1S/C14H14N3/c1-2-13-6-11-17(14(13)16-7-1)10-5-12-3-8-15-9-4-12/h1-4,7-9,11H,5-6,10H2/q+1. The maximum Gasteiger partial charge on any atom is 0.326 e. The Balaban J connectivity index is 1.72. The quantitative estimate of drug-likeness (QED) is 0.746. The van der Waals surface area contributed by atoms with Crippen molar-refractivity contribution in [1.82, 2.24) is 9.97 Å². The highest BCUT2D eigenvalue weighted by molar-refractivity contribution is 5.65. The molecule has 3 nitrogen and oxygen atoms in total. The number of hydrogen-bond donors (Lipinski definition) is 0. The Hall–Kier alpha value is -2.03. The van der Waals surface area contributed by atoms with Crippen LogP contribution in [-0.4, -0.2) is 27.3 Å². The van der Waals surface area contributed by atoms with Crippen molar-refractivity contribution in [3.63, 3.8) is 0 Å². The molecule has 0 amide bonds. The summed E-state index contributed by atoms with van der Waals surface area (Å²) < 4.78 is 2.25. The van der Waals surface area contributed by atoms with E-state index in [2.05, 4.69) is 39.0 Å². The van der Waals surface area contributed by atoms with Crippen molar-refractivity contribution in [3.8, 4) is 0 Å². The van der Waals surface area contributed by atoms with Crippen molar-refractivity contribution in [2.24, 2.45) is 0 Å². The van der Waals surface area contributed by atoms with E-state index >= 15 is 0 Å². The number of aromatic nitrogens is 2. The largest absolute Gasteiger partial charge is 0.326 e. The van der Waals surface area contributed by atoms with Crippen LogP contribution in [0.1, 0.15) is 11.1 Å². The highest BCUT2D eigenvalue weighted by Gasteiger charge is 2.21. The van der Waals surface area contributed by atoms with Crippen LogP contribution in [0.15, 0.2) is 42.9 Å². The molecule has 0 saturated heterocycles. The third-order valence-corrected chi connectivity index (χ3v) is 3.06. The summed E-state index contributed by atoms with van der Waals surface area (Å²) in [6.07, 6.45) is 9.79. The molecule has 3 rings (SSSR count). The van der Waals surface area contributed by atoms with Gasteiger partial charge in [0.1, 0.15) is 6.20 Å². The first-order valence-corrected chi connectivity index (χ1v) is 5.86. The molecule has 0 fully saturated rings. The van der Waals surface area contributed by atoms with Gasteiger partial charge in [0, 0.05) is 25.2 Å². The molecule has 0 aromatic carbocycles. The molecule has 0 unspecified atom stereocenters. The monoisotopic (exact) mass is 224 g/mol. The summed E-state index contributed by atoms with van der Waals surface area (Å²) in [6.45, 7) is 0.980. The van der Waals surface area contributed by atoms with Gasteiger partial charge in [-0.2, -0.15) is 0 Å². The molecule has 1 aliphatic heterocycles. The minimum absolute atomic E-state index is 0.980. The zero-order chi connectivity index (χ0) is 11.5. The molecule has 0 aliphatic carbocycles. The van der Waals surface area contributed by atoms with Crippen LogP contribution < -0.4 is 0 Å². The predicted octanol–water partition coefficient (Wildman–Crippen LogP) is 1.99. The lowest BCUT2D eigenvalue weighted by Gasteiger charge is -2.01.